The van der Waals surface area contributed by atoms with Crippen LogP contribution in [-0.2, 0) is 19.1 Å². The van der Waals surface area contributed by atoms with Crippen LogP contribution in [0.2, 0.25) is 0 Å². The standard InChI is InChI=1S/C14H17F2NO4/c1-2-21-12(19)7-11(18)8-17-14(20)10-5-3-9(4-6-10)13(15)16/h3,5-6,9,13H,2,4,7-8H2,1H3,(H,17,20). The number of hydrogen-bond donors (Lipinski definition) is 1. The molecule has 1 unspecified atom stereocenters. The molecule has 0 spiro atoms. The first kappa shape index (κ1) is 17.0. The fourth-order valence-electron chi connectivity index (χ4n) is 1.71. The van der Waals surface area contributed by atoms with E-state index < -0.39 is 36.4 Å². The van der Waals surface area contributed by atoms with E-state index in [-0.39, 0.29) is 25.1 Å². The van der Waals surface area contributed by atoms with Crippen LogP contribution in [0.15, 0.2) is 23.8 Å². The van der Waals surface area contributed by atoms with Gasteiger partial charge in [0.05, 0.1) is 13.2 Å². The van der Waals surface area contributed by atoms with Crippen LogP contribution in [-0.4, -0.2) is 37.2 Å². The third-order valence-corrected chi connectivity index (χ3v) is 2.81. The van der Waals surface area contributed by atoms with Gasteiger partial charge in [0.2, 0.25) is 6.43 Å². The molecule has 1 amide bonds. The van der Waals surface area contributed by atoms with E-state index in [1.165, 1.54) is 18.2 Å². The van der Waals surface area contributed by atoms with Gasteiger partial charge in [0, 0.05) is 11.5 Å². The number of nitrogens with one attached hydrogen (secondary N) is 1. The fraction of sp³-hybridized carbons (Fsp3) is 0.500. The number of rotatable bonds is 7. The summed E-state index contributed by atoms with van der Waals surface area (Å²) in [6, 6.07) is 0. The van der Waals surface area contributed by atoms with Gasteiger partial charge < -0.3 is 10.1 Å². The Hall–Kier alpha value is -2.05. The lowest BCUT2D eigenvalue weighted by molar-refractivity contribution is -0.145. The minimum absolute atomic E-state index is 0.0771. The molecule has 0 aliphatic heterocycles. The molecule has 0 aromatic rings. The zero-order valence-electron chi connectivity index (χ0n) is 11.6. The van der Waals surface area contributed by atoms with E-state index >= 15 is 0 Å². The highest BCUT2D eigenvalue weighted by atomic mass is 19.3. The summed E-state index contributed by atoms with van der Waals surface area (Å²) in [5, 5.41) is 2.34. The van der Waals surface area contributed by atoms with Crippen LogP contribution in [0, 0.1) is 5.92 Å². The molecule has 1 atom stereocenters. The molecule has 0 radical (unpaired) electrons. The van der Waals surface area contributed by atoms with Gasteiger partial charge in [-0.05, 0) is 13.3 Å². The molecule has 1 rings (SSSR count). The van der Waals surface area contributed by atoms with E-state index in [0.29, 0.717) is 0 Å². The Balaban J connectivity index is 2.37. The molecular weight excluding hydrogens is 284 g/mol. The highest BCUT2D eigenvalue weighted by Gasteiger charge is 2.21. The highest BCUT2D eigenvalue weighted by Crippen LogP contribution is 2.22. The predicted molar refractivity (Wildman–Crippen MR) is 70.6 cm³/mol. The van der Waals surface area contributed by atoms with E-state index in [0.717, 1.165) is 0 Å². The van der Waals surface area contributed by atoms with E-state index in [4.69, 9.17) is 0 Å². The van der Waals surface area contributed by atoms with Crippen LogP contribution >= 0.6 is 0 Å². The van der Waals surface area contributed by atoms with Crippen molar-refractivity contribution >= 4 is 17.7 Å². The topological polar surface area (TPSA) is 72.5 Å². The molecule has 7 heteroatoms. The average Bonchev–Trinajstić information content (AvgIpc) is 2.45. The van der Waals surface area contributed by atoms with Gasteiger partial charge in [-0.1, -0.05) is 18.2 Å². The third kappa shape index (κ3) is 5.85. The number of hydrogen-bond acceptors (Lipinski definition) is 4. The summed E-state index contributed by atoms with van der Waals surface area (Å²) >= 11 is 0. The first-order valence-electron chi connectivity index (χ1n) is 6.56. The molecule has 0 saturated carbocycles. The first-order chi connectivity index (χ1) is 9.93. The Morgan fingerprint density at radius 1 is 1.43 bits per heavy atom. The number of allylic oxidation sites excluding steroid dienone is 2. The van der Waals surface area contributed by atoms with Crippen LogP contribution in [0.1, 0.15) is 19.8 Å². The maximum Gasteiger partial charge on any atom is 0.313 e. The van der Waals surface area contributed by atoms with Crippen molar-refractivity contribution < 1.29 is 27.9 Å². The monoisotopic (exact) mass is 301 g/mol. The lowest BCUT2D eigenvalue weighted by atomic mass is 9.97. The number of carbonyl (C=O) groups is 3. The molecule has 0 heterocycles. The number of alkyl halides is 2. The second-order valence-electron chi connectivity index (χ2n) is 4.46. The number of esters is 1. The molecule has 0 aromatic carbocycles. The van der Waals surface area contributed by atoms with Gasteiger partial charge in [0.1, 0.15) is 6.42 Å². The lowest BCUT2D eigenvalue weighted by Crippen LogP contribution is -2.32. The van der Waals surface area contributed by atoms with Crippen LogP contribution in [0.4, 0.5) is 8.78 Å². The Morgan fingerprint density at radius 3 is 2.67 bits per heavy atom. The molecule has 0 saturated heterocycles. The molecule has 0 aromatic heterocycles. The van der Waals surface area contributed by atoms with Gasteiger partial charge in [-0.3, -0.25) is 14.4 Å². The van der Waals surface area contributed by atoms with Crippen LogP contribution in [0.25, 0.3) is 0 Å². The minimum atomic E-state index is -2.46. The number of amides is 1. The Labute approximate surface area is 121 Å². The van der Waals surface area contributed by atoms with Crippen molar-refractivity contribution in [1.29, 1.82) is 0 Å². The average molecular weight is 301 g/mol. The number of carbonyl (C=O) groups excluding carboxylic acids is 3. The largest absolute Gasteiger partial charge is 0.466 e. The number of halogens is 2. The van der Waals surface area contributed by atoms with Gasteiger partial charge >= 0.3 is 5.97 Å². The highest BCUT2D eigenvalue weighted by molar-refractivity contribution is 6.01. The summed E-state index contributed by atoms with van der Waals surface area (Å²) in [5.41, 5.74) is 0.232. The number of Topliss-reactive ketones (excluding diaryl/α,β-unsaturated/α-hetero) is 1. The van der Waals surface area contributed by atoms with Gasteiger partial charge in [-0.15, -0.1) is 0 Å². The van der Waals surface area contributed by atoms with Crippen molar-refractivity contribution in [2.75, 3.05) is 13.2 Å². The van der Waals surface area contributed by atoms with E-state index in [1.807, 2.05) is 0 Å². The Morgan fingerprint density at radius 2 is 2.14 bits per heavy atom. The molecule has 0 bridgehead atoms. The van der Waals surface area contributed by atoms with Crippen molar-refractivity contribution in [2.45, 2.75) is 26.2 Å². The minimum Gasteiger partial charge on any atom is -0.466 e. The van der Waals surface area contributed by atoms with Crippen molar-refractivity contribution in [3.05, 3.63) is 23.8 Å². The van der Waals surface area contributed by atoms with Gasteiger partial charge in [0.15, 0.2) is 5.78 Å². The maximum absolute atomic E-state index is 12.4. The van der Waals surface area contributed by atoms with Crippen LogP contribution < -0.4 is 5.32 Å². The molecule has 1 N–H and O–H groups in total. The zero-order chi connectivity index (χ0) is 15.8. The Bertz CT molecular complexity index is 472. The molecule has 116 valence electrons. The van der Waals surface area contributed by atoms with Gasteiger partial charge in [0.25, 0.3) is 5.91 Å². The maximum atomic E-state index is 12.4. The summed E-state index contributed by atoms with van der Waals surface area (Å²) in [5.74, 6) is -2.54. The quantitative estimate of drug-likeness (QED) is 0.570. The summed E-state index contributed by atoms with van der Waals surface area (Å²) in [6.07, 6.45) is 1.20. The second-order valence-corrected chi connectivity index (χ2v) is 4.46. The van der Waals surface area contributed by atoms with Crippen LogP contribution in [0.5, 0.6) is 0 Å². The smallest absolute Gasteiger partial charge is 0.313 e. The summed E-state index contributed by atoms with van der Waals surface area (Å²) in [4.78, 5) is 34.2. The molecule has 5 nitrogen and oxygen atoms in total. The van der Waals surface area contributed by atoms with Crippen molar-refractivity contribution in [3.63, 3.8) is 0 Å². The van der Waals surface area contributed by atoms with Crippen molar-refractivity contribution in [3.8, 4) is 0 Å². The SMILES string of the molecule is CCOC(=O)CC(=O)CNC(=O)C1=CCC(C(F)F)C=C1. The second kappa shape index (κ2) is 8.28. The fourth-order valence-corrected chi connectivity index (χ4v) is 1.71. The van der Waals surface area contributed by atoms with Crippen molar-refractivity contribution in [2.24, 2.45) is 5.92 Å². The zero-order valence-corrected chi connectivity index (χ0v) is 11.6. The predicted octanol–water partition coefficient (Wildman–Crippen LogP) is 1.39. The molecular formula is C14H17F2NO4. The summed E-state index contributed by atoms with van der Waals surface area (Å²) < 4.78 is 29.4. The molecule has 1 aliphatic rings. The summed E-state index contributed by atoms with van der Waals surface area (Å²) in [7, 11) is 0. The third-order valence-electron chi connectivity index (χ3n) is 2.81. The first-order valence-corrected chi connectivity index (χ1v) is 6.56. The number of ketones is 1. The molecule has 1 aliphatic carbocycles. The molecule has 21 heavy (non-hydrogen) atoms. The Kier molecular flexibility index (Phi) is 6.71. The normalized spacial score (nSPS) is 17.3. The van der Waals surface area contributed by atoms with Crippen LogP contribution in [0.3, 0.4) is 0 Å². The molecule has 0 fully saturated rings. The van der Waals surface area contributed by atoms with Crippen molar-refractivity contribution in [1.82, 2.24) is 5.32 Å². The van der Waals surface area contributed by atoms with E-state index in [1.54, 1.807) is 6.92 Å². The van der Waals surface area contributed by atoms with E-state index in [9.17, 15) is 23.2 Å². The lowest BCUT2D eigenvalue weighted by Gasteiger charge is -2.14. The summed E-state index contributed by atoms with van der Waals surface area (Å²) in [6.45, 7) is 1.50. The van der Waals surface area contributed by atoms with Gasteiger partial charge in [-0.2, -0.15) is 0 Å². The number of ether oxygens (including phenoxy) is 1. The van der Waals surface area contributed by atoms with Gasteiger partial charge in [-0.25, -0.2) is 8.78 Å². The van der Waals surface area contributed by atoms with E-state index in [2.05, 4.69) is 10.1 Å².